The Hall–Kier alpha value is -1.33. The average molecular weight is 238 g/mol. The van der Waals surface area contributed by atoms with Crippen LogP contribution in [0.2, 0.25) is 0 Å². The van der Waals surface area contributed by atoms with Crippen LogP contribution in [0.5, 0.6) is 0 Å². The van der Waals surface area contributed by atoms with Gasteiger partial charge < -0.3 is 19.8 Å². The maximum absolute atomic E-state index is 11.9. The van der Waals surface area contributed by atoms with E-state index < -0.39 is 0 Å². The summed E-state index contributed by atoms with van der Waals surface area (Å²) in [6, 6.07) is 3.39. The summed E-state index contributed by atoms with van der Waals surface area (Å²) >= 11 is 0. The molecule has 1 fully saturated rings. The van der Waals surface area contributed by atoms with Gasteiger partial charge in [-0.05, 0) is 25.5 Å². The Kier molecular flexibility index (Phi) is 3.81. The molecule has 2 N–H and O–H groups in total. The highest BCUT2D eigenvalue weighted by atomic mass is 16.5. The molecule has 1 aromatic rings. The van der Waals surface area contributed by atoms with E-state index in [1.807, 2.05) is 19.1 Å². The largest absolute Gasteiger partial charge is 0.467 e. The molecule has 3 atom stereocenters. The topological polar surface area (TPSA) is 63.5 Å². The molecule has 2 rings (SSSR count). The molecule has 0 radical (unpaired) electrons. The second kappa shape index (κ2) is 5.33. The first-order valence-electron chi connectivity index (χ1n) is 5.80. The maximum Gasteiger partial charge on any atom is 0.237 e. The van der Waals surface area contributed by atoms with Crippen molar-refractivity contribution in [3.05, 3.63) is 24.2 Å². The minimum absolute atomic E-state index is 0.00606. The van der Waals surface area contributed by atoms with E-state index in [1.54, 1.807) is 13.4 Å². The molecule has 1 aliphatic rings. The molecule has 2 heterocycles. The minimum Gasteiger partial charge on any atom is -0.467 e. The summed E-state index contributed by atoms with van der Waals surface area (Å²) in [6.07, 6.45) is 2.45. The van der Waals surface area contributed by atoms with Gasteiger partial charge in [0.05, 0.1) is 24.5 Å². The van der Waals surface area contributed by atoms with Gasteiger partial charge in [0.2, 0.25) is 5.91 Å². The molecular weight excluding hydrogens is 220 g/mol. The van der Waals surface area contributed by atoms with Gasteiger partial charge in [0, 0.05) is 13.7 Å². The third-order valence-electron chi connectivity index (χ3n) is 3.07. The molecule has 5 heteroatoms. The van der Waals surface area contributed by atoms with Gasteiger partial charge in [-0.3, -0.25) is 4.79 Å². The number of furan rings is 1. The standard InChI is InChI=1S/C12H18N2O3/c1-8(11-4-3-5-17-11)14-12(15)10-6-9(16-2)7-13-10/h3-5,8-10,13H,6-7H2,1-2H3,(H,14,15)/t8-,9?,10?/m1/s1. The van der Waals surface area contributed by atoms with Gasteiger partial charge in [-0.15, -0.1) is 0 Å². The lowest BCUT2D eigenvalue weighted by Crippen LogP contribution is -2.41. The molecule has 0 bridgehead atoms. The van der Waals surface area contributed by atoms with Crippen LogP contribution in [0.25, 0.3) is 0 Å². The smallest absolute Gasteiger partial charge is 0.237 e. The summed E-state index contributed by atoms with van der Waals surface area (Å²) in [7, 11) is 1.66. The number of carbonyl (C=O) groups excluding carboxylic acids is 1. The fourth-order valence-electron chi connectivity index (χ4n) is 2.01. The lowest BCUT2D eigenvalue weighted by atomic mass is 10.1. The molecule has 0 aliphatic carbocycles. The molecule has 5 nitrogen and oxygen atoms in total. The molecule has 94 valence electrons. The van der Waals surface area contributed by atoms with Gasteiger partial charge in [-0.2, -0.15) is 0 Å². The monoisotopic (exact) mass is 238 g/mol. The molecular formula is C12H18N2O3. The van der Waals surface area contributed by atoms with E-state index in [9.17, 15) is 4.79 Å². The Morgan fingerprint density at radius 3 is 3.12 bits per heavy atom. The van der Waals surface area contributed by atoms with Crippen LogP contribution in [0.1, 0.15) is 25.1 Å². The predicted molar refractivity (Wildman–Crippen MR) is 62.5 cm³/mol. The van der Waals surface area contributed by atoms with Gasteiger partial charge in [0.1, 0.15) is 5.76 Å². The van der Waals surface area contributed by atoms with Crippen molar-refractivity contribution < 1.29 is 13.9 Å². The fourth-order valence-corrected chi connectivity index (χ4v) is 2.01. The third-order valence-corrected chi connectivity index (χ3v) is 3.07. The van der Waals surface area contributed by atoms with Crippen LogP contribution >= 0.6 is 0 Å². The van der Waals surface area contributed by atoms with Crippen LogP contribution in [0.3, 0.4) is 0 Å². The van der Waals surface area contributed by atoms with E-state index in [-0.39, 0.29) is 24.1 Å². The maximum atomic E-state index is 11.9. The van der Waals surface area contributed by atoms with Crippen molar-refractivity contribution in [1.82, 2.24) is 10.6 Å². The van der Waals surface area contributed by atoms with E-state index in [0.717, 1.165) is 12.3 Å². The molecule has 1 amide bonds. The number of rotatable bonds is 4. The van der Waals surface area contributed by atoms with Crippen LogP contribution < -0.4 is 10.6 Å². The van der Waals surface area contributed by atoms with Crippen LogP contribution in [0, 0.1) is 0 Å². The van der Waals surface area contributed by atoms with Gasteiger partial charge in [-0.1, -0.05) is 0 Å². The molecule has 1 aromatic heterocycles. The summed E-state index contributed by atoms with van der Waals surface area (Å²) in [5, 5.41) is 6.06. The Balaban J connectivity index is 1.85. The Labute approximate surface area is 101 Å². The van der Waals surface area contributed by atoms with Crippen LogP contribution in [0.4, 0.5) is 0 Å². The summed E-state index contributed by atoms with van der Waals surface area (Å²) in [5.41, 5.74) is 0. The van der Waals surface area contributed by atoms with Gasteiger partial charge in [0.25, 0.3) is 0 Å². The number of hydrogen-bond donors (Lipinski definition) is 2. The fraction of sp³-hybridized carbons (Fsp3) is 0.583. The SMILES string of the molecule is COC1CNC(C(=O)N[C@H](C)c2ccco2)C1. The second-order valence-electron chi connectivity index (χ2n) is 4.30. The van der Waals surface area contributed by atoms with E-state index in [1.165, 1.54) is 0 Å². The molecule has 0 aromatic carbocycles. The lowest BCUT2D eigenvalue weighted by molar-refractivity contribution is -0.123. The Morgan fingerprint density at radius 2 is 2.53 bits per heavy atom. The number of amides is 1. The van der Waals surface area contributed by atoms with Crippen LogP contribution in [-0.2, 0) is 9.53 Å². The van der Waals surface area contributed by atoms with Crippen molar-refractivity contribution in [2.45, 2.75) is 31.5 Å². The highest BCUT2D eigenvalue weighted by Gasteiger charge is 2.30. The molecule has 17 heavy (non-hydrogen) atoms. The molecule has 1 saturated heterocycles. The van der Waals surface area contributed by atoms with Crippen molar-refractivity contribution in [2.75, 3.05) is 13.7 Å². The van der Waals surface area contributed by atoms with E-state index in [0.29, 0.717) is 6.42 Å². The Morgan fingerprint density at radius 1 is 1.71 bits per heavy atom. The third kappa shape index (κ3) is 2.87. The summed E-state index contributed by atoms with van der Waals surface area (Å²) < 4.78 is 10.4. The van der Waals surface area contributed by atoms with Gasteiger partial charge in [0.15, 0.2) is 0 Å². The van der Waals surface area contributed by atoms with Gasteiger partial charge >= 0.3 is 0 Å². The quantitative estimate of drug-likeness (QED) is 0.815. The zero-order chi connectivity index (χ0) is 12.3. The molecule has 0 saturated carbocycles. The van der Waals surface area contributed by atoms with E-state index in [4.69, 9.17) is 9.15 Å². The van der Waals surface area contributed by atoms with Crippen molar-refractivity contribution in [1.29, 1.82) is 0 Å². The molecule has 2 unspecified atom stereocenters. The van der Waals surface area contributed by atoms with E-state index >= 15 is 0 Å². The summed E-state index contributed by atoms with van der Waals surface area (Å²) in [5.74, 6) is 0.757. The first-order chi connectivity index (χ1) is 8.20. The average Bonchev–Trinajstić information content (AvgIpc) is 3.00. The van der Waals surface area contributed by atoms with E-state index in [2.05, 4.69) is 10.6 Å². The first kappa shape index (κ1) is 12.1. The lowest BCUT2D eigenvalue weighted by Gasteiger charge is -2.15. The number of ether oxygens (including phenoxy) is 1. The molecule has 0 spiro atoms. The van der Waals surface area contributed by atoms with Crippen molar-refractivity contribution in [3.8, 4) is 0 Å². The summed E-state index contributed by atoms with van der Waals surface area (Å²) in [4.78, 5) is 11.9. The number of nitrogens with one attached hydrogen (secondary N) is 2. The zero-order valence-corrected chi connectivity index (χ0v) is 10.1. The number of methoxy groups -OCH3 is 1. The van der Waals surface area contributed by atoms with Crippen molar-refractivity contribution in [3.63, 3.8) is 0 Å². The predicted octanol–water partition coefficient (Wildman–Crippen LogP) is 0.834. The highest BCUT2D eigenvalue weighted by molar-refractivity contribution is 5.82. The normalized spacial score (nSPS) is 25.8. The van der Waals surface area contributed by atoms with Crippen molar-refractivity contribution in [2.24, 2.45) is 0 Å². The van der Waals surface area contributed by atoms with Crippen LogP contribution in [-0.4, -0.2) is 31.7 Å². The molecule has 1 aliphatic heterocycles. The number of carbonyl (C=O) groups is 1. The number of hydrogen-bond acceptors (Lipinski definition) is 4. The van der Waals surface area contributed by atoms with Gasteiger partial charge in [-0.25, -0.2) is 0 Å². The highest BCUT2D eigenvalue weighted by Crippen LogP contribution is 2.14. The minimum atomic E-state index is -0.169. The first-order valence-corrected chi connectivity index (χ1v) is 5.80. The van der Waals surface area contributed by atoms with Crippen LogP contribution in [0.15, 0.2) is 22.8 Å². The second-order valence-corrected chi connectivity index (χ2v) is 4.30. The zero-order valence-electron chi connectivity index (χ0n) is 10.1. The van der Waals surface area contributed by atoms with Crippen molar-refractivity contribution >= 4 is 5.91 Å². The summed E-state index contributed by atoms with van der Waals surface area (Å²) in [6.45, 7) is 2.63. The Bertz CT molecular complexity index is 364.